The highest BCUT2D eigenvalue weighted by Crippen LogP contribution is 1.72. The van der Waals surface area contributed by atoms with Gasteiger partial charge >= 0.3 is 0 Å². The molecule has 0 heterocycles. The Morgan fingerprint density at radius 3 is 2.70 bits per heavy atom. The smallest absolute Gasteiger partial charge is 0.234 e. The van der Waals surface area contributed by atoms with Crippen LogP contribution in [0.15, 0.2) is 0 Å². The van der Waals surface area contributed by atoms with E-state index in [1.807, 2.05) is 0 Å². The molecule has 0 saturated carbocycles. The van der Waals surface area contributed by atoms with Crippen molar-refractivity contribution in [1.29, 1.82) is 0 Å². The van der Waals surface area contributed by atoms with E-state index in [9.17, 15) is 9.59 Å². The first-order valence-electron chi connectivity index (χ1n) is 3.02. The molecule has 0 aromatic carbocycles. The fraction of sp³-hybridized carbons (Fsp3) is 0.667. The minimum Gasteiger partial charge on any atom is -0.345 e. The highest BCUT2D eigenvalue weighted by Gasteiger charge is 2.03. The molecule has 57 valence electrons. The largest absolute Gasteiger partial charge is 0.345 e. The Hall–Kier alpha value is -0.900. The molecular weight excluding hydrogens is 132 g/mol. The number of nitrogens with one attached hydrogen (secondary N) is 2. The monoisotopic (exact) mass is 143 g/mol. The van der Waals surface area contributed by atoms with Gasteiger partial charge in [-0.25, -0.2) is 0 Å². The molecule has 4 nitrogen and oxygen atoms in total. The van der Waals surface area contributed by atoms with Crippen LogP contribution >= 0.6 is 0 Å². The zero-order valence-corrected chi connectivity index (χ0v) is 6.10. The molecule has 0 aromatic rings. The number of carbonyl (C=O) groups is 1. The first-order chi connectivity index (χ1) is 4.70. The number of hydrogen-bond acceptors (Lipinski definition) is 3. The molecule has 1 unspecified atom stereocenters. The summed E-state index contributed by atoms with van der Waals surface area (Å²) in [4.78, 5) is 20.5. The molecule has 4 heteroatoms. The second-order valence-corrected chi connectivity index (χ2v) is 1.94. The van der Waals surface area contributed by atoms with Crippen molar-refractivity contribution in [3.05, 3.63) is 0 Å². The lowest BCUT2D eigenvalue weighted by Gasteiger charge is -2.04. The third-order valence-corrected chi connectivity index (χ3v) is 0.892. The van der Waals surface area contributed by atoms with Crippen molar-refractivity contribution in [1.82, 2.24) is 10.6 Å². The molecule has 0 aromatic heterocycles. The summed E-state index contributed by atoms with van der Waals surface area (Å²) in [5.74, 6) is -0.196. The zero-order chi connectivity index (χ0) is 7.98. The van der Waals surface area contributed by atoms with E-state index < -0.39 is 6.04 Å². The quantitative estimate of drug-likeness (QED) is 0.521. The Kier molecular flexibility index (Phi) is 4.49. The van der Waals surface area contributed by atoms with Gasteiger partial charge in [-0.2, -0.15) is 0 Å². The second-order valence-electron chi connectivity index (χ2n) is 1.94. The van der Waals surface area contributed by atoms with Crippen LogP contribution in [0.5, 0.6) is 0 Å². The average Bonchev–Trinajstić information content (AvgIpc) is 1.88. The van der Waals surface area contributed by atoms with Crippen molar-refractivity contribution in [2.24, 2.45) is 0 Å². The van der Waals surface area contributed by atoms with Gasteiger partial charge in [-0.1, -0.05) is 0 Å². The zero-order valence-electron chi connectivity index (χ0n) is 6.10. The maximum Gasteiger partial charge on any atom is 0.234 e. The highest BCUT2D eigenvalue weighted by atomic mass is 16.2. The molecule has 1 amide bonds. The Morgan fingerprint density at radius 2 is 2.30 bits per heavy atom. The minimum absolute atomic E-state index is 0.196. The number of likely N-dealkylation sites (N-methyl/N-ethyl adjacent to an activating group) is 1. The van der Waals surface area contributed by atoms with Gasteiger partial charge in [0, 0.05) is 0 Å². The van der Waals surface area contributed by atoms with Gasteiger partial charge in [0.25, 0.3) is 0 Å². The van der Waals surface area contributed by atoms with Gasteiger partial charge in [0.2, 0.25) is 12.2 Å². The van der Waals surface area contributed by atoms with Crippen molar-refractivity contribution in [3.8, 4) is 0 Å². The summed E-state index contributed by atoms with van der Waals surface area (Å²) in [5, 5.41) is 5.06. The molecule has 0 aliphatic rings. The SMILES string of the molecule is CNCC(=O)NC(C)[C]=O. The van der Waals surface area contributed by atoms with Crippen LogP contribution in [-0.4, -0.2) is 31.8 Å². The van der Waals surface area contributed by atoms with Gasteiger partial charge < -0.3 is 10.6 Å². The lowest BCUT2D eigenvalue weighted by atomic mass is 10.4. The van der Waals surface area contributed by atoms with E-state index in [1.165, 1.54) is 0 Å². The Labute approximate surface area is 60.0 Å². The molecule has 0 aliphatic heterocycles. The summed E-state index contributed by atoms with van der Waals surface area (Å²) >= 11 is 0. The number of carbonyl (C=O) groups excluding carboxylic acids is 2. The van der Waals surface area contributed by atoms with Gasteiger partial charge in [-0.3, -0.25) is 9.59 Å². The summed E-state index contributed by atoms with van der Waals surface area (Å²) in [6.45, 7) is 1.80. The predicted molar refractivity (Wildman–Crippen MR) is 37.2 cm³/mol. The summed E-state index contributed by atoms with van der Waals surface area (Å²) in [6, 6.07) is -0.513. The molecule has 1 radical (unpaired) electrons. The van der Waals surface area contributed by atoms with Gasteiger partial charge in [0.1, 0.15) is 0 Å². The van der Waals surface area contributed by atoms with E-state index in [-0.39, 0.29) is 12.5 Å². The van der Waals surface area contributed by atoms with Crippen LogP contribution in [0.2, 0.25) is 0 Å². The maximum absolute atomic E-state index is 10.7. The fourth-order valence-corrected chi connectivity index (χ4v) is 0.483. The van der Waals surface area contributed by atoms with E-state index in [0.29, 0.717) is 0 Å². The predicted octanol–water partition coefficient (Wildman–Crippen LogP) is -1.18. The van der Waals surface area contributed by atoms with Crippen LogP contribution in [0.1, 0.15) is 6.92 Å². The summed E-state index contributed by atoms with van der Waals surface area (Å²) < 4.78 is 0. The molecule has 1 atom stereocenters. The van der Waals surface area contributed by atoms with Crippen molar-refractivity contribution < 1.29 is 9.59 Å². The molecule has 2 N–H and O–H groups in total. The topological polar surface area (TPSA) is 58.2 Å². The molecular formula is C6H11N2O2. The number of amides is 1. The Morgan fingerprint density at radius 1 is 1.70 bits per heavy atom. The summed E-state index contributed by atoms with van der Waals surface area (Å²) in [5.41, 5.74) is 0. The van der Waals surface area contributed by atoms with Crippen LogP contribution in [0.4, 0.5) is 0 Å². The van der Waals surface area contributed by atoms with E-state index >= 15 is 0 Å². The third kappa shape index (κ3) is 4.03. The van der Waals surface area contributed by atoms with E-state index in [4.69, 9.17) is 0 Å². The van der Waals surface area contributed by atoms with Crippen LogP contribution in [0.25, 0.3) is 0 Å². The van der Waals surface area contributed by atoms with Crippen LogP contribution in [0.3, 0.4) is 0 Å². The third-order valence-electron chi connectivity index (χ3n) is 0.892. The molecule has 0 fully saturated rings. The molecule has 0 bridgehead atoms. The van der Waals surface area contributed by atoms with Crippen LogP contribution in [0, 0.1) is 0 Å². The van der Waals surface area contributed by atoms with E-state index in [1.54, 1.807) is 20.3 Å². The Bertz CT molecular complexity index is 125. The normalized spacial score (nSPS) is 12.2. The van der Waals surface area contributed by atoms with E-state index in [2.05, 4.69) is 10.6 Å². The molecule has 0 rings (SSSR count). The first-order valence-corrected chi connectivity index (χ1v) is 3.02. The van der Waals surface area contributed by atoms with Crippen molar-refractivity contribution >= 4 is 12.2 Å². The van der Waals surface area contributed by atoms with E-state index in [0.717, 1.165) is 0 Å². The van der Waals surface area contributed by atoms with Gasteiger partial charge in [-0.15, -0.1) is 0 Å². The Balaban J connectivity index is 3.46. The highest BCUT2D eigenvalue weighted by molar-refractivity contribution is 5.81. The minimum atomic E-state index is -0.513. The standard InChI is InChI=1S/C6H11N2O2/c1-5(4-9)8-6(10)3-7-2/h5,7H,3H2,1-2H3,(H,8,10). The van der Waals surface area contributed by atoms with Crippen LogP contribution in [-0.2, 0) is 9.59 Å². The first kappa shape index (κ1) is 9.10. The second kappa shape index (κ2) is 4.93. The van der Waals surface area contributed by atoms with Crippen molar-refractivity contribution in [2.75, 3.05) is 13.6 Å². The van der Waals surface area contributed by atoms with Gasteiger partial charge in [0.15, 0.2) is 0 Å². The number of rotatable bonds is 4. The fourth-order valence-electron chi connectivity index (χ4n) is 0.483. The lowest BCUT2D eigenvalue weighted by molar-refractivity contribution is -0.120. The van der Waals surface area contributed by atoms with Crippen molar-refractivity contribution in [3.63, 3.8) is 0 Å². The average molecular weight is 143 g/mol. The van der Waals surface area contributed by atoms with Gasteiger partial charge in [-0.05, 0) is 14.0 Å². The number of hydrogen-bond donors (Lipinski definition) is 2. The van der Waals surface area contributed by atoms with Gasteiger partial charge in [0.05, 0.1) is 12.6 Å². The molecule has 0 spiro atoms. The molecule has 0 saturated heterocycles. The lowest BCUT2D eigenvalue weighted by Crippen LogP contribution is -2.38. The van der Waals surface area contributed by atoms with Crippen molar-refractivity contribution in [2.45, 2.75) is 13.0 Å². The summed E-state index contributed by atoms with van der Waals surface area (Å²) in [6.07, 6.45) is 1.64. The van der Waals surface area contributed by atoms with Crippen LogP contribution < -0.4 is 10.6 Å². The maximum atomic E-state index is 10.7. The summed E-state index contributed by atoms with van der Waals surface area (Å²) in [7, 11) is 1.66. The molecule has 10 heavy (non-hydrogen) atoms. The molecule has 0 aliphatic carbocycles.